The van der Waals surface area contributed by atoms with Crippen molar-refractivity contribution in [2.75, 3.05) is 21.4 Å². The first-order valence-electron chi connectivity index (χ1n) is 17.8. The normalized spacial score (nSPS) is 12.1. The van der Waals surface area contributed by atoms with Crippen LogP contribution in [0.2, 0.25) is 0 Å². The van der Waals surface area contributed by atoms with E-state index in [-0.39, 0.29) is 21.1 Å². The Hall–Kier alpha value is -6.42. The van der Waals surface area contributed by atoms with E-state index in [2.05, 4.69) is 207 Å². The van der Waals surface area contributed by atoms with Gasteiger partial charge in [-0.1, -0.05) is 120 Å². The molecule has 10 rings (SSSR count). The average molecular weight is 875 g/mol. The summed E-state index contributed by atoms with van der Waals surface area (Å²) in [6.45, 7) is 0.682. The van der Waals surface area contributed by atoms with Gasteiger partial charge in [0.2, 0.25) is 0 Å². The van der Waals surface area contributed by atoms with Gasteiger partial charge in [0.05, 0.1) is 18.0 Å². The number of aromatic nitrogens is 2. The van der Waals surface area contributed by atoms with Crippen LogP contribution in [0.3, 0.4) is 0 Å². The van der Waals surface area contributed by atoms with Gasteiger partial charge in [0.1, 0.15) is 5.82 Å². The standard InChI is InChI=1S/C48H33N5.Pt/c1-4-15-35(16-5-1)36-29-30-49-48(31-36)53-44-24-11-10-23-42(44)43-28-27-41(33-47(43)53)52(38-19-8-3-9-20-38)40-22-14-21-39(32-40)51-34-50(37-17-6-2-7-18-37)45-25-12-13-26-46(45)51;/h1-31H,34H2;/q-2;+2. The number of benzene rings is 7. The number of rotatable bonds is 7. The van der Waals surface area contributed by atoms with Crippen LogP contribution in [0.15, 0.2) is 188 Å². The van der Waals surface area contributed by atoms with Crippen molar-refractivity contribution in [2.45, 2.75) is 0 Å². The molecule has 0 spiro atoms. The first-order chi connectivity index (χ1) is 26.3. The van der Waals surface area contributed by atoms with Crippen molar-refractivity contribution in [1.29, 1.82) is 0 Å². The Kier molecular flexibility index (Phi) is 8.78. The summed E-state index contributed by atoms with van der Waals surface area (Å²) in [5.41, 5.74) is 11.7. The number of fused-ring (bicyclic) bond motifs is 4. The molecule has 3 heterocycles. The van der Waals surface area contributed by atoms with Gasteiger partial charge in [-0.05, 0) is 71.1 Å². The predicted octanol–water partition coefficient (Wildman–Crippen LogP) is 12.2. The van der Waals surface area contributed by atoms with Crippen molar-refractivity contribution in [3.8, 4) is 16.9 Å². The van der Waals surface area contributed by atoms with Gasteiger partial charge in [-0.15, -0.1) is 35.7 Å². The maximum absolute atomic E-state index is 4.91. The van der Waals surface area contributed by atoms with E-state index in [0.29, 0.717) is 6.67 Å². The Morgan fingerprint density at radius 1 is 0.519 bits per heavy atom. The number of hydrogen-bond donors (Lipinski definition) is 0. The molecule has 5 nitrogen and oxygen atoms in total. The summed E-state index contributed by atoms with van der Waals surface area (Å²) >= 11 is 0. The minimum Gasteiger partial charge on any atom is -0.358 e. The maximum Gasteiger partial charge on any atom is 2.00 e. The van der Waals surface area contributed by atoms with Crippen LogP contribution < -0.4 is 14.7 Å². The number of para-hydroxylation sites is 5. The summed E-state index contributed by atoms with van der Waals surface area (Å²) in [4.78, 5) is 11.9. The fraction of sp³-hybridized carbons (Fsp3) is 0.0208. The van der Waals surface area contributed by atoms with Crippen LogP contribution in [-0.2, 0) is 21.1 Å². The third-order valence-electron chi connectivity index (χ3n) is 10.0. The minimum absolute atomic E-state index is 0. The van der Waals surface area contributed by atoms with E-state index in [4.69, 9.17) is 4.98 Å². The molecule has 1 aliphatic heterocycles. The molecule has 6 heteroatoms. The summed E-state index contributed by atoms with van der Waals surface area (Å²) in [5.74, 6) is 0.849. The summed E-state index contributed by atoms with van der Waals surface area (Å²) in [6, 6.07) is 71.4. The molecule has 54 heavy (non-hydrogen) atoms. The molecule has 0 saturated carbocycles. The van der Waals surface area contributed by atoms with Crippen LogP contribution in [0.4, 0.5) is 39.8 Å². The van der Waals surface area contributed by atoms with Gasteiger partial charge < -0.3 is 19.3 Å². The molecule has 260 valence electrons. The van der Waals surface area contributed by atoms with Gasteiger partial charge in [0, 0.05) is 23.1 Å². The van der Waals surface area contributed by atoms with Gasteiger partial charge in [0.15, 0.2) is 0 Å². The zero-order valence-electron chi connectivity index (χ0n) is 29.2. The number of hydrogen-bond acceptors (Lipinski definition) is 4. The Morgan fingerprint density at radius 2 is 1.19 bits per heavy atom. The number of anilines is 7. The predicted molar refractivity (Wildman–Crippen MR) is 218 cm³/mol. The van der Waals surface area contributed by atoms with Gasteiger partial charge in [0.25, 0.3) is 0 Å². The first-order valence-corrected chi connectivity index (χ1v) is 17.8. The zero-order valence-corrected chi connectivity index (χ0v) is 31.4. The summed E-state index contributed by atoms with van der Waals surface area (Å²) in [7, 11) is 0. The average Bonchev–Trinajstić information content (AvgIpc) is 3.79. The van der Waals surface area contributed by atoms with Crippen LogP contribution in [0, 0.1) is 12.1 Å². The Balaban J connectivity index is 0.00000384. The molecular weight excluding hydrogens is 842 g/mol. The van der Waals surface area contributed by atoms with E-state index in [1.54, 1.807) is 0 Å². The molecular formula is C48H33N5Pt. The van der Waals surface area contributed by atoms with Crippen LogP contribution in [-0.4, -0.2) is 16.2 Å². The second-order valence-electron chi connectivity index (χ2n) is 13.1. The molecule has 0 unspecified atom stereocenters. The van der Waals surface area contributed by atoms with Crippen LogP contribution >= 0.6 is 0 Å². The zero-order chi connectivity index (χ0) is 35.1. The van der Waals surface area contributed by atoms with Gasteiger partial charge in [-0.2, -0.15) is 12.1 Å². The molecule has 0 saturated heterocycles. The van der Waals surface area contributed by atoms with E-state index < -0.39 is 0 Å². The first kappa shape index (κ1) is 33.4. The second-order valence-corrected chi connectivity index (χ2v) is 13.1. The van der Waals surface area contributed by atoms with Crippen molar-refractivity contribution < 1.29 is 21.1 Å². The van der Waals surface area contributed by atoms with Crippen molar-refractivity contribution in [3.63, 3.8) is 0 Å². The Labute approximate surface area is 329 Å². The summed E-state index contributed by atoms with van der Waals surface area (Å²) in [6.07, 6.45) is 1.90. The van der Waals surface area contributed by atoms with E-state index in [0.717, 1.165) is 72.9 Å². The third kappa shape index (κ3) is 5.84. The van der Waals surface area contributed by atoms with E-state index in [1.165, 1.54) is 5.69 Å². The van der Waals surface area contributed by atoms with Crippen LogP contribution in [0.25, 0.3) is 38.8 Å². The van der Waals surface area contributed by atoms with E-state index >= 15 is 0 Å². The molecule has 9 aromatic rings. The topological polar surface area (TPSA) is 27.5 Å². The molecule has 0 N–H and O–H groups in total. The SMILES string of the molecule is [Pt+2].[c-]1c(N2CN(c3ccccc3)c3ccccc32)cccc1N(c1[c-]c2c(cc1)c1ccccc1n2-c1cc(-c2ccccc2)ccn1)c1ccccc1. The summed E-state index contributed by atoms with van der Waals surface area (Å²) in [5, 5.41) is 2.28. The molecule has 0 amide bonds. The van der Waals surface area contributed by atoms with E-state index in [9.17, 15) is 0 Å². The fourth-order valence-corrected chi connectivity index (χ4v) is 7.57. The Bertz CT molecular complexity index is 2730. The summed E-state index contributed by atoms with van der Waals surface area (Å²) < 4.78 is 2.24. The molecule has 0 aliphatic carbocycles. The molecule has 0 atom stereocenters. The molecule has 0 radical (unpaired) electrons. The van der Waals surface area contributed by atoms with Gasteiger partial charge in [-0.25, -0.2) is 4.98 Å². The van der Waals surface area contributed by atoms with Crippen molar-refractivity contribution in [1.82, 2.24) is 9.55 Å². The van der Waals surface area contributed by atoms with Crippen molar-refractivity contribution in [2.24, 2.45) is 0 Å². The minimum atomic E-state index is 0. The third-order valence-corrected chi connectivity index (χ3v) is 10.0. The van der Waals surface area contributed by atoms with Gasteiger partial charge >= 0.3 is 21.1 Å². The molecule has 7 aromatic carbocycles. The molecule has 2 aromatic heterocycles. The number of nitrogens with zero attached hydrogens (tertiary/aromatic N) is 5. The Morgan fingerprint density at radius 3 is 1.98 bits per heavy atom. The molecule has 0 fully saturated rings. The van der Waals surface area contributed by atoms with Gasteiger partial charge in [-0.3, -0.25) is 0 Å². The van der Waals surface area contributed by atoms with Crippen LogP contribution in [0.1, 0.15) is 0 Å². The molecule has 0 bridgehead atoms. The van der Waals surface area contributed by atoms with Crippen molar-refractivity contribution in [3.05, 3.63) is 200 Å². The van der Waals surface area contributed by atoms with Crippen LogP contribution in [0.5, 0.6) is 0 Å². The number of pyridine rings is 1. The molecule has 1 aliphatic rings. The second kappa shape index (κ2) is 14.2. The monoisotopic (exact) mass is 874 g/mol. The van der Waals surface area contributed by atoms with Crippen molar-refractivity contribution >= 4 is 61.6 Å². The van der Waals surface area contributed by atoms with E-state index in [1.807, 2.05) is 12.3 Å². The maximum atomic E-state index is 4.91. The fourth-order valence-electron chi connectivity index (χ4n) is 7.57. The smallest absolute Gasteiger partial charge is 0.358 e. The quantitative estimate of drug-likeness (QED) is 0.149. The largest absolute Gasteiger partial charge is 2.00 e.